The molecule has 146 valence electrons. The highest BCUT2D eigenvalue weighted by Gasteiger charge is 2.59. The largest absolute Gasteiger partial charge is 0.511 e. The number of hydrogen-bond donors (Lipinski definition) is 5. The molecule has 0 aliphatic heterocycles. The number of allylic oxidation sites excluding steroid dienone is 2. The zero-order chi connectivity index (χ0) is 20.4. The van der Waals surface area contributed by atoms with E-state index in [1.165, 1.54) is 13.1 Å². The fraction of sp³-hybridized carbons (Fsp3) is 0.350. The number of phenolic OH excluding ortho intramolecular Hbond substituents is 1. The van der Waals surface area contributed by atoms with Crippen LogP contribution in [0.25, 0.3) is 0 Å². The lowest BCUT2D eigenvalue weighted by Crippen LogP contribution is -2.57. The van der Waals surface area contributed by atoms with E-state index in [2.05, 4.69) is 5.32 Å². The number of amides is 1. The number of hydrogen-bond acceptors (Lipinski definition) is 7. The number of fused-ring (bicyclic) bond motifs is 3. The van der Waals surface area contributed by atoms with E-state index >= 15 is 0 Å². The Balaban J connectivity index is 1.89. The minimum Gasteiger partial charge on any atom is -0.511 e. The average Bonchev–Trinajstić information content (AvgIpc) is 2.64. The van der Waals surface area contributed by atoms with Crippen molar-refractivity contribution in [1.82, 2.24) is 5.32 Å². The number of ketones is 2. The van der Waals surface area contributed by atoms with E-state index in [1.54, 1.807) is 12.1 Å². The van der Waals surface area contributed by atoms with Crippen molar-refractivity contribution < 1.29 is 34.8 Å². The summed E-state index contributed by atoms with van der Waals surface area (Å²) in [6.45, 7) is 0. The number of carbonyl (C=O) groups excluding carboxylic acids is 3. The highest BCUT2D eigenvalue weighted by molar-refractivity contribution is 6.24. The van der Waals surface area contributed by atoms with Crippen LogP contribution in [0.15, 0.2) is 40.9 Å². The first-order valence-corrected chi connectivity index (χ1v) is 8.92. The van der Waals surface area contributed by atoms with E-state index < -0.39 is 52.0 Å². The van der Waals surface area contributed by atoms with E-state index in [-0.39, 0.29) is 29.7 Å². The van der Waals surface area contributed by atoms with E-state index in [1.807, 2.05) is 0 Å². The van der Waals surface area contributed by atoms with Crippen molar-refractivity contribution >= 4 is 17.5 Å². The van der Waals surface area contributed by atoms with Gasteiger partial charge in [-0.25, -0.2) is 0 Å². The SMILES string of the molecule is CNC(=O)C1=C(O)CC2CC3Cc4cccc(O)c4C(=O)C3=C(O)[C@]2(O)C1=O. The van der Waals surface area contributed by atoms with Crippen LogP contribution in [-0.4, -0.2) is 50.5 Å². The van der Waals surface area contributed by atoms with Crippen molar-refractivity contribution in [2.45, 2.75) is 24.9 Å². The third-order valence-electron chi connectivity index (χ3n) is 6.01. The van der Waals surface area contributed by atoms with Gasteiger partial charge in [0.25, 0.3) is 5.91 Å². The van der Waals surface area contributed by atoms with Crippen LogP contribution in [0.3, 0.4) is 0 Å². The van der Waals surface area contributed by atoms with Crippen molar-refractivity contribution in [3.8, 4) is 5.75 Å². The number of benzene rings is 1. The molecule has 5 N–H and O–H groups in total. The molecule has 8 nitrogen and oxygen atoms in total. The lowest BCUT2D eigenvalue weighted by Gasteiger charge is -2.45. The summed E-state index contributed by atoms with van der Waals surface area (Å²) in [6, 6.07) is 4.67. The van der Waals surface area contributed by atoms with Gasteiger partial charge in [0.15, 0.2) is 11.4 Å². The van der Waals surface area contributed by atoms with Crippen molar-refractivity contribution in [2.24, 2.45) is 11.8 Å². The molecule has 3 aliphatic rings. The topological polar surface area (TPSA) is 144 Å². The standard InChI is InChI=1S/C20H19NO7/c1-21-19(27)15-12(23)7-10-6-9-5-8-3-2-4-11(22)13(8)16(24)14(9)17(25)20(10,28)18(15)26/h2-4,9-10,22-23,25,28H,5-7H2,1H3,(H,21,27)/t9?,10?,20-/m0/s1. The molecule has 0 bridgehead atoms. The van der Waals surface area contributed by atoms with Gasteiger partial charge in [-0.15, -0.1) is 0 Å². The molecule has 8 heteroatoms. The number of phenols is 1. The normalized spacial score (nSPS) is 29.2. The summed E-state index contributed by atoms with van der Waals surface area (Å²) in [4.78, 5) is 37.9. The van der Waals surface area contributed by atoms with Crippen LogP contribution in [0, 0.1) is 11.8 Å². The first kappa shape index (κ1) is 18.2. The molecule has 28 heavy (non-hydrogen) atoms. The maximum absolute atomic E-state index is 13.0. The molecule has 0 saturated carbocycles. The summed E-state index contributed by atoms with van der Waals surface area (Å²) in [5.74, 6) is -5.52. The molecule has 3 atom stereocenters. The smallest absolute Gasteiger partial charge is 0.258 e. The first-order valence-electron chi connectivity index (χ1n) is 8.92. The lowest BCUT2D eigenvalue weighted by molar-refractivity contribution is -0.144. The predicted molar refractivity (Wildman–Crippen MR) is 95.7 cm³/mol. The number of aliphatic hydroxyl groups is 3. The van der Waals surface area contributed by atoms with Crippen LogP contribution >= 0.6 is 0 Å². The number of nitrogens with one attached hydrogen (secondary N) is 1. The van der Waals surface area contributed by atoms with E-state index in [0.717, 1.165) is 0 Å². The Morgan fingerprint density at radius 3 is 2.57 bits per heavy atom. The molecule has 0 heterocycles. The zero-order valence-electron chi connectivity index (χ0n) is 15.0. The molecule has 1 aromatic rings. The summed E-state index contributed by atoms with van der Waals surface area (Å²) in [5.41, 5.74) is -2.57. The third-order valence-corrected chi connectivity index (χ3v) is 6.01. The highest BCUT2D eigenvalue weighted by atomic mass is 16.3. The lowest BCUT2D eigenvalue weighted by atomic mass is 9.60. The van der Waals surface area contributed by atoms with Crippen LogP contribution in [0.4, 0.5) is 0 Å². The molecular formula is C20H19NO7. The van der Waals surface area contributed by atoms with Crippen LogP contribution in [0.2, 0.25) is 0 Å². The predicted octanol–water partition coefficient (Wildman–Crippen LogP) is 0.841. The van der Waals surface area contributed by atoms with Gasteiger partial charge in [0.2, 0.25) is 5.78 Å². The van der Waals surface area contributed by atoms with Crippen molar-refractivity contribution in [2.75, 3.05) is 7.05 Å². The van der Waals surface area contributed by atoms with Gasteiger partial charge >= 0.3 is 0 Å². The van der Waals surface area contributed by atoms with Crippen molar-refractivity contribution in [3.05, 3.63) is 52.0 Å². The summed E-state index contributed by atoms with van der Waals surface area (Å²) >= 11 is 0. The van der Waals surface area contributed by atoms with Gasteiger partial charge in [-0.3, -0.25) is 14.4 Å². The molecule has 1 amide bonds. The first-order chi connectivity index (χ1) is 13.2. The second-order valence-electron chi connectivity index (χ2n) is 7.44. The molecule has 2 unspecified atom stereocenters. The van der Waals surface area contributed by atoms with Gasteiger partial charge in [0, 0.05) is 25.0 Å². The molecule has 0 radical (unpaired) electrons. The van der Waals surface area contributed by atoms with Crippen LogP contribution in [0.5, 0.6) is 5.75 Å². The molecule has 0 spiro atoms. The van der Waals surface area contributed by atoms with Crippen LogP contribution in [-0.2, 0) is 16.0 Å². The minimum atomic E-state index is -2.47. The number of rotatable bonds is 1. The Kier molecular flexibility index (Phi) is 3.87. The molecule has 3 aliphatic carbocycles. The van der Waals surface area contributed by atoms with E-state index in [0.29, 0.717) is 12.0 Å². The Bertz CT molecular complexity index is 1010. The average molecular weight is 385 g/mol. The molecule has 0 fully saturated rings. The summed E-state index contributed by atoms with van der Waals surface area (Å²) in [7, 11) is 1.27. The Labute approximate surface area is 159 Å². The van der Waals surface area contributed by atoms with Gasteiger partial charge in [-0.1, -0.05) is 12.1 Å². The fourth-order valence-corrected chi connectivity index (χ4v) is 4.66. The maximum Gasteiger partial charge on any atom is 0.258 e. The van der Waals surface area contributed by atoms with Crippen LogP contribution in [0.1, 0.15) is 28.8 Å². The number of aromatic hydroxyl groups is 1. The number of aliphatic hydroxyl groups excluding tert-OH is 2. The zero-order valence-corrected chi connectivity index (χ0v) is 15.0. The van der Waals surface area contributed by atoms with Gasteiger partial charge in [0.1, 0.15) is 22.8 Å². The van der Waals surface area contributed by atoms with Crippen molar-refractivity contribution in [1.29, 1.82) is 0 Å². The molecule has 0 aromatic heterocycles. The molecule has 0 saturated heterocycles. The van der Waals surface area contributed by atoms with Crippen molar-refractivity contribution in [3.63, 3.8) is 0 Å². The molecular weight excluding hydrogens is 366 g/mol. The minimum absolute atomic E-state index is 0.0375. The van der Waals surface area contributed by atoms with E-state index in [9.17, 15) is 34.8 Å². The Hall–Kier alpha value is -3.13. The van der Waals surface area contributed by atoms with E-state index in [4.69, 9.17) is 0 Å². The maximum atomic E-state index is 13.0. The Morgan fingerprint density at radius 2 is 1.89 bits per heavy atom. The van der Waals surface area contributed by atoms with Gasteiger partial charge in [-0.2, -0.15) is 0 Å². The molecule has 4 rings (SSSR count). The number of likely N-dealkylation sites (N-methyl/N-ethyl adjacent to an activating group) is 1. The number of Topliss-reactive ketones (excluding diaryl/α,β-unsaturated/α-hetero) is 2. The quantitative estimate of drug-likeness (QED) is 0.451. The summed E-state index contributed by atoms with van der Waals surface area (Å²) in [5, 5.41) is 44.5. The highest BCUT2D eigenvalue weighted by Crippen LogP contribution is 2.51. The van der Waals surface area contributed by atoms with Crippen LogP contribution < -0.4 is 5.32 Å². The number of carbonyl (C=O) groups is 3. The summed E-state index contributed by atoms with van der Waals surface area (Å²) in [6.07, 6.45) is 0.315. The Morgan fingerprint density at radius 1 is 1.18 bits per heavy atom. The molecule has 1 aromatic carbocycles. The monoisotopic (exact) mass is 385 g/mol. The fourth-order valence-electron chi connectivity index (χ4n) is 4.66. The van der Waals surface area contributed by atoms with Gasteiger partial charge < -0.3 is 25.7 Å². The van der Waals surface area contributed by atoms with Gasteiger partial charge in [0.05, 0.1) is 5.56 Å². The second kappa shape index (κ2) is 5.93. The second-order valence-corrected chi connectivity index (χ2v) is 7.44. The summed E-state index contributed by atoms with van der Waals surface area (Å²) < 4.78 is 0. The van der Waals surface area contributed by atoms with Gasteiger partial charge in [-0.05, 0) is 30.4 Å². The third kappa shape index (κ3) is 2.18.